The van der Waals surface area contributed by atoms with E-state index in [2.05, 4.69) is 30.1 Å². The van der Waals surface area contributed by atoms with Gasteiger partial charge in [0.2, 0.25) is 5.91 Å². The largest absolute Gasteiger partial charge is 0.353 e. The maximum Gasteiger partial charge on any atom is 0.240 e. The Bertz CT molecular complexity index is 623. The van der Waals surface area contributed by atoms with E-state index in [1.54, 1.807) is 18.6 Å². The van der Waals surface area contributed by atoms with Crippen LogP contribution in [0.3, 0.4) is 0 Å². The molecule has 0 radical (unpaired) electrons. The molecular weight excluding hydrogens is 300 g/mol. The van der Waals surface area contributed by atoms with Crippen LogP contribution in [0.25, 0.3) is 0 Å². The Labute approximate surface area is 133 Å². The number of piperazine rings is 1. The van der Waals surface area contributed by atoms with Crippen molar-refractivity contribution < 1.29 is 4.79 Å². The van der Waals surface area contributed by atoms with Crippen LogP contribution in [0.2, 0.25) is 0 Å². The summed E-state index contributed by atoms with van der Waals surface area (Å²) >= 11 is 1.45. The van der Waals surface area contributed by atoms with Gasteiger partial charge < -0.3 is 10.2 Å². The van der Waals surface area contributed by atoms with Crippen molar-refractivity contribution in [2.45, 2.75) is 6.92 Å². The first kappa shape index (κ1) is 14.9. The maximum absolute atomic E-state index is 12.0. The van der Waals surface area contributed by atoms with Crippen molar-refractivity contribution in [1.82, 2.24) is 19.9 Å². The Kier molecular flexibility index (Phi) is 4.59. The number of amides is 1. The van der Waals surface area contributed by atoms with Crippen LogP contribution < -0.4 is 10.2 Å². The van der Waals surface area contributed by atoms with E-state index >= 15 is 0 Å². The molecule has 0 bridgehead atoms. The molecule has 0 aliphatic carbocycles. The predicted octanol–water partition coefficient (Wildman–Crippen LogP) is 1.00. The minimum Gasteiger partial charge on any atom is -0.353 e. The number of aryl methyl sites for hydroxylation is 1. The third-order valence-corrected chi connectivity index (χ3v) is 4.35. The summed E-state index contributed by atoms with van der Waals surface area (Å²) in [5.74, 6) is 0.882. The molecule has 2 aromatic heterocycles. The van der Waals surface area contributed by atoms with Crippen LogP contribution in [0.4, 0.5) is 10.9 Å². The lowest BCUT2D eigenvalue weighted by Gasteiger charge is -2.34. The first-order chi connectivity index (χ1) is 10.7. The zero-order valence-corrected chi connectivity index (χ0v) is 13.2. The topological polar surface area (TPSA) is 74.2 Å². The zero-order chi connectivity index (χ0) is 15.4. The molecule has 0 atom stereocenters. The van der Waals surface area contributed by atoms with Gasteiger partial charge in [-0.05, 0) is 6.92 Å². The van der Waals surface area contributed by atoms with Gasteiger partial charge in [-0.25, -0.2) is 9.97 Å². The fraction of sp³-hybridized carbons (Fsp3) is 0.429. The van der Waals surface area contributed by atoms with Crippen molar-refractivity contribution in [2.75, 3.05) is 42.9 Å². The van der Waals surface area contributed by atoms with Crippen molar-refractivity contribution in [1.29, 1.82) is 0 Å². The highest BCUT2D eigenvalue weighted by atomic mass is 32.1. The second kappa shape index (κ2) is 6.80. The normalized spacial score (nSPS) is 15.8. The highest BCUT2D eigenvalue weighted by molar-refractivity contribution is 7.13. The van der Waals surface area contributed by atoms with Crippen molar-refractivity contribution in [3.05, 3.63) is 29.7 Å². The Morgan fingerprint density at radius 2 is 2.14 bits per heavy atom. The second-order valence-corrected chi connectivity index (χ2v) is 6.03. The molecule has 1 fully saturated rings. The third kappa shape index (κ3) is 3.77. The van der Waals surface area contributed by atoms with Crippen molar-refractivity contribution in [3.8, 4) is 0 Å². The Balaban J connectivity index is 1.46. The van der Waals surface area contributed by atoms with Gasteiger partial charge in [0.05, 0.1) is 18.4 Å². The fourth-order valence-electron chi connectivity index (χ4n) is 2.36. The molecule has 22 heavy (non-hydrogen) atoms. The van der Waals surface area contributed by atoms with E-state index in [0.717, 1.165) is 37.7 Å². The van der Waals surface area contributed by atoms with E-state index in [-0.39, 0.29) is 5.91 Å². The first-order valence-corrected chi connectivity index (χ1v) is 8.04. The molecule has 3 heterocycles. The number of hydrogen-bond donors (Lipinski definition) is 1. The number of anilines is 2. The monoisotopic (exact) mass is 318 g/mol. The molecule has 7 nitrogen and oxygen atoms in total. The van der Waals surface area contributed by atoms with Crippen LogP contribution in [0, 0.1) is 6.92 Å². The lowest BCUT2D eigenvalue weighted by atomic mass is 10.3. The molecule has 3 rings (SSSR count). The average Bonchev–Trinajstić information content (AvgIpc) is 2.94. The summed E-state index contributed by atoms with van der Waals surface area (Å²) in [7, 11) is 0. The molecule has 2 aromatic rings. The molecule has 1 N–H and O–H groups in total. The number of hydrogen-bond acceptors (Lipinski definition) is 7. The molecule has 1 amide bonds. The summed E-state index contributed by atoms with van der Waals surface area (Å²) in [5.41, 5.74) is 0.929. The standard InChI is InChI=1S/C14H18N6OS/c1-11-10-22-14(17-11)18-13(21)9-19-4-6-20(7-5-19)12-8-15-2-3-16-12/h2-3,8,10H,4-7,9H2,1H3,(H,17,18,21). The van der Waals surface area contributed by atoms with Crippen LogP contribution >= 0.6 is 11.3 Å². The second-order valence-electron chi connectivity index (χ2n) is 5.17. The quantitative estimate of drug-likeness (QED) is 0.906. The van der Waals surface area contributed by atoms with Gasteiger partial charge in [0.25, 0.3) is 0 Å². The van der Waals surface area contributed by atoms with Crippen LogP contribution in [0.15, 0.2) is 24.0 Å². The molecular formula is C14H18N6OS. The number of carbonyl (C=O) groups excluding carboxylic acids is 1. The smallest absolute Gasteiger partial charge is 0.240 e. The first-order valence-electron chi connectivity index (χ1n) is 7.16. The number of aromatic nitrogens is 3. The van der Waals surface area contributed by atoms with Gasteiger partial charge in [0, 0.05) is 44.0 Å². The summed E-state index contributed by atoms with van der Waals surface area (Å²) in [4.78, 5) is 29.0. The number of nitrogens with zero attached hydrogens (tertiary/aromatic N) is 5. The summed E-state index contributed by atoms with van der Waals surface area (Å²) in [6.45, 7) is 5.68. The highest BCUT2D eigenvalue weighted by Gasteiger charge is 2.20. The SMILES string of the molecule is Cc1csc(NC(=O)CN2CCN(c3cnccn3)CC2)n1. The van der Waals surface area contributed by atoms with E-state index < -0.39 is 0 Å². The molecule has 0 spiro atoms. The lowest BCUT2D eigenvalue weighted by Crippen LogP contribution is -2.48. The molecule has 0 saturated carbocycles. The van der Waals surface area contributed by atoms with Gasteiger partial charge in [-0.1, -0.05) is 0 Å². The summed E-state index contributed by atoms with van der Waals surface area (Å²) in [6.07, 6.45) is 5.14. The zero-order valence-electron chi connectivity index (χ0n) is 12.4. The number of rotatable bonds is 4. The number of nitrogens with one attached hydrogen (secondary N) is 1. The number of carbonyl (C=O) groups is 1. The van der Waals surface area contributed by atoms with Crippen LogP contribution in [0.1, 0.15) is 5.69 Å². The number of thiazole rings is 1. The van der Waals surface area contributed by atoms with E-state index in [4.69, 9.17) is 0 Å². The van der Waals surface area contributed by atoms with Crippen molar-refractivity contribution >= 4 is 28.2 Å². The minimum atomic E-state index is -0.0118. The molecule has 1 saturated heterocycles. The lowest BCUT2D eigenvalue weighted by molar-refractivity contribution is -0.117. The molecule has 0 aromatic carbocycles. The van der Waals surface area contributed by atoms with Gasteiger partial charge in [0.15, 0.2) is 5.13 Å². The maximum atomic E-state index is 12.0. The Hall–Kier alpha value is -2.06. The Morgan fingerprint density at radius 3 is 2.77 bits per heavy atom. The summed E-state index contributed by atoms with van der Waals surface area (Å²) < 4.78 is 0. The van der Waals surface area contributed by atoms with E-state index in [1.165, 1.54) is 11.3 Å². The molecule has 116 valence electrons. The van der Waals surface area contributed by atoms with E-state index in [1.807, 2.05) is 12.3 Å². The van der Waals surface area contributed by atoms with Crippen LogP contribution in [0.5, 0.6) is 0 Å². The third-order valence-electron chi connectivity index (χ3n) is 3.48. The fourth-order valence-corrected chi connectivity index (χ4v) is 3.07. The predicted molar refractivity (Wildman–Crippen MR) is 86.2 cm³/mol. The highest BCUT2D eigenvalue weighted by Crippen LogP contribution is 2.15. The van der Waals surface area contributed by atoms with Gasteiger partial charge >= 0.3 is 0 Å². The molecule has 1 aliphatic heterocycles. The van der Waals surface area contributed by atoms with E-state index in [9.17, 15) is 4.79 Å². The van der Waals surface area contributed by atoms with Gasteiger partial charge in [-0.3, -0.25) is 14.7 Å². The summed E-state index contributed by atoms with van der Waals surface area (Å²) in [6, 6.07) is 0. The minimum absolute atomic E-state index is 0.0118. The van der Waals surface area contributed by atoms with Gasteiger partial charge in [-0.15, -0.1) is 11.3 Å². The average molecular weight is 318 g/mol. The molecule has 8 heteroatoms. The summed E-state index contributed by atoms with van der Waals surface area (Å²) in [5, 5.41) is 5.44. The molecule has 0 unspecified atom stereocenters. The van der Waals surface area contributed by atoms with Crippen LogP contribution in [-0.4, -0.2) is 58.5 Å². The molecule has 1 aliphatic rings. The van der Waals surface area contributed by atoms with Crippen molar-refractivity contribution in [2.24, 2.45) is 0 Å². The van der Waals surface area contributed by atoms with Gasteiger partial charge in [0.1, 0.15) is 5.82 Å². The van der Waals surface area contributed by atoms with E-state index in [0.29, 0.717) is 11.7 Å². The van der Waals surface area contributed by atoms with Crippen LogP contribution in [-0.2, 0) is 4.79 Å². The Morgan fingerprint density at radius 1 is 1.32 bits per heavy atom. The van der Waals surface area contributed by atoms with Crippen molar-refractivity contribution in [3.63, 3.8) is 0 Å². The van der Waals surface area contributed by atoms with Gasteiger partial charge in [-0.2, -0.15) is 0 Å².